The zero-order chi connectivity index (χ0) is 13.4. The molecule has 1 aromatic heterocycles. The lowest BCUT2D eigenvalue weighted by Crippen LogP contribution is -2.06. The van der Waals surface area contributed by atoms with Crippen LogP contribution >= 0.6 is 0 Å². The summed E-state index contributed by atoms with van der Waals surface area (Å²) in [5.74, 6) is 1.78. The Morgan fingerprint density at radius 3 is 2.95 bits per heavy atom. The molecule has 98 valence electrons. The minimum atomic E-state index is 0.284. The maximum absolute atomic E-state index is 11.8. The highest BCUT2D eigenvalue weighted by Gasteiger charge is 2.19. The Balaban J connectivity index is 1.90. The first kappa shape index (κ1) is 12.2. The molecule has 0 bridgehead atoms. The van der Waals surface area contributed by atoms with E-state index in [9.17, 15) is 4.79 Å². The molecule has 0 aliphatic heterocycles. The van der Waals surface area contributed by atoms with Crippen molar-refractivity contribution in [3.05, 3.63) is 53.1 Å². The minimum absolute atomic E-state index is 0.284. The van der Waals surface area contributed by atoms with Crippen LogP contribution in [0.25, 0.3) is 0 Å². The monoisotopic (exact) mass is 254 g/mol. The summed E-state index contributed by atoms with van der Waals surface area (Å²) in [7, 11) is 0. The largest absolute Gasteiger partial charge is 0.330 e. The van der Waals surface area contributed by atoms with Crippen LogP contribution in [-0.2, 0) is 13.0 Å². The van der Waals surface area contributed by atoms with Gasteiger partial charge in [0, 0.05) is 36.8 Å². The number of hydrogen-bond donors (Lipinski definition) is 0. The number of benzene rings is 1. The number of imidazole rings is 1. The fourth-order valence-electron chi connectivity index (χ4n) is 2.73. The van der Waals surface area contributed by atoms with E-state index in [2.05, 4.69) is 41.6 Å². The summed E-state index contributed by atoms with van der Waals surface area (Å²) in [6, 6.07) is 6.28. The van der Waals surface area contributed by atoms with Crippen LogP contribution in [0.15, 0.2) is 30.6 Å². The van der Waals surface area contributed by atoms with Crippen LogP contribution in [0.4, 0.5) is 0 Å². The average Bonchev–Trinajstić information content (AvgIpc) is 2.98. The molecule has 3 nitrogen and oxygen atoms in total. The van der Waals surface area contributed by atoms with Crippen LogP contribution < -0.4 is 0 Å². The van der Waals surface area contributed by atoms with E-state index >= 15 is 0 Å². The first-order chi connectivity index (χ1) is 9.15. The third-order valence-electron chi connectivity index (χ3n) is 3.71. The van der Waals surface area contributed by atoms with Gasteiger partial charge in [-0.15, -0.1) is 0 Å². The maximum atomic E-state index is 11.8. The van der Waals surface area contributed by atoms with Gasteiger partial charge >= 0.3 is 0 Å². The van der Waals surface area contributed by atoms with Crippen LogP contribution in [0.3, 0.4) is 0 Å². The van der Waals surface area contributed by atoms with Gasteiger partial charge in [0.25, 0.3) is 0 Å². The summed E-state index contributed by atoms with van der Waals surface area (Å²) < 4.78 is 2.16. The SMILES string of the molecule is CC(C)c1nccn1Cc1ccc2c(c1)C(=O)CC2. The Labute approximate surface area is 113 Å². The molecular formula is C16H18N2O. The maximum Gasteiger partial charge on any atom is 0.163 e. The number of ketones is 1. The van der Waals surface area contributed by atoms with Crippen molar-refractivity contribution in [1.29, 1.82) is 0 Å². The van der Waals surface area contributed by atoms with Crippen molar-refractivity contribution in [3.63, 3.8) is 0 Å². The van der Waals surface area contributed by atoms with E-state index in [1.165, 1.54) is 11.1 Å². The number of fused-ring (bicyclic) bond motifs is 1. The number of aromatic nitrogens is 2. The van der Waals surface area contributed by atoms with E-state index in [-0.39, 0.29) is 5.78 Å². The van der Waals surface area contributed by atoms with E-state index in [1.54, 1.807) is 0 Å². The quantitative estimate of drug-likeness (QED) is 0.843. The molecule has 3 heteroatoms. The Morgan fingerprint density at radius 2 is 2.16 bits per heavy atom. The third kappa shape index (κ3) is 2.21. The molecule has 0 saturated carbocycles. The van der Waals surface area contributed by atoms with Gasteiger partial charge in [0.15, 0.2) is 5.78 Å². The zero-order valence-corrected chi connectivity index (χ0v) is 11.4. The molecule has 0 atom stereocenters. The second kappa shape index (κ2) is 4.65. The van der Waals surface area contributed by atoms with E-state index in [0.29, 0.717) is 12.3 Å². The minimum Gasteiger partial charge on any atom is -0.330 e. The fraction of sp³-hybridized carbons (Fsp3) is 0.375. The Kier molecular flexibility index (Phi) is 2.97. The molecule has 0 fully saturated rings. The Morgan fingerprint density at radius 1 is 1.32 bits per heavy atom. The molecule has 19 heavy (non-hydrogen) atoms. The molecule has 1 aromatic carbocycles. The molecule has 0 amide bonds. The van der Waals surface area contributed by atoms with Gasteiger partial charge in [-0.25, -0.2) is 4.98 Å². The van der Waals surface area contributed by atoms with Crippen molar-refractivity contribution >= 4 is 5.78 Å². The molecule has 1 aliphatic carbocycles. The van der Waals surface area contributed by atoms with Crippen molar-refractivity contribution in [3.8, 4) is 0 Å². The predicted octanol–water partition coefficient (Wildman–Crippen LogP) is 3.18. The lowest BCUT2D eigenvalue weighted by molar-refractivity contribution is 0.0994. The molecule has 2 aromatic rings. The predicted molar refractivity (Wildman–Crippen MR) is 74.5 cm³/mol. The summed E-state index contributed by atoms with van der Waals surface area (Å²) in [4.78, 5) is 16.2. The first-order valence-corrected chi connectivity index (χ1v) is 6.81. The molecule has 0 unspecified atom stereocenters. The fourth-order valence-corrected chi connectivity index (χ4v) is 2.73. The molecule has 0 saturated heterocycles. The molecule has 0 spiro atoms. The highest BCUT2D eigenvalue weighted by Crippen LogP contribution is 2.24. The van der Waals surface area contributed by atoms with Crippen LogP contribution in [-0.4, -0.2) is 15.3 Å². The van der Waals surface area contributed by atoms with Gasteiger partial charge in [0.05, 0.1) is 0 Å². The van der Waals surface area contributed by atoms with E-state index < -0.39 is 0 Å². The van der Waals surface area contributed by atoms with Gasteiger partial charge in [0.2, 0.25) is 0 Å². The van der Waals surface area contributed by atoms with Crippen molar-refractivity contribution < 1.29 is 4.79 Å². The van der Waals surface area contributed by atoms with Crippen LogP contribution in [0, 0.1) is 0 Å². The molecule has 1 heterocycles. The molecule has 3 rings (SSSR count). The zero-order valence-electron chi connectivity index (χ0n) is 11.4. The highest BCUT2D eigenvalue weighted by molar-refractivity contribution is 6.00. The van der Waals surface area contributed by atoms with Gasteiger partial charge in [-0.3, -0.25) is 4.79 Å². The lowest BCUT2D eigenvalue weighted by atomic mass is 10.1. The number of hydrogen-bond acceptors (Lipinski definition) is 2. The van der Waals surface area contributed by atoms with Crippen LogP contribution in [0.2, 0.25) is 0 Å². The van der Waals surface area contributed by atoms with Crippen molar-refractivity contribution in [2.45, 2.75) is 39.2 Å². The molecular weight excluding hydrogens is 236 g/mol. The topological polar surface area (TPSA) is 34.9 Å². The Hall–Kier alpha value is -1.90. The van der Waals surface area contributed by atoms with Gasteiger partial charge < -0.3 is 4.57 Å². The number of carbonyl (C=O) groups excluding carboxylic acids is 1. The molecule has 0 radical (unpaired) electrons. The van der Waals surface area contributed by atoms with E-state index in [1.807, 2.05) is 12.4 Å². The lowest BCUT2D eigenvalue weighted by Gasteiger charge is -2.11. The summed E-state index contributed by atoms with van der Waals surface area (Å²) in [5, 5.41) is 0. The second-order valence-corrected chi connectivity index (χ2v) is 5.48. The highest BCUT2D eigenvalue weighted by atomic mass is 16.1. The average molecular weight is 254 g/mol. The van der Waals surface area contributed by atoms with Crippen molar-refractivity contribution in [2.75, 3.05) is 0 Å². The summed E-state index contributed by atoms with van der Waals surface area (Å²) in [5.41, 5.74) is 3.29. The van der Waals surface area contributed by atoms with E-state index in [0.717, 1.165) is 24.4 Å². The van der Waals surface area contributed by atoms with Gasteiger partial charge in [-0.2, -0.15) is 0 Å². The standard InChI is InChI=1S/C16H18N2O/c1-11(2)16-17-7-8-18(16)10-12-3-4-13-5-6-15(19)14(13)9-12/h3-4,7-9,11H,5-6,10H2,1-2H3. The number of aryl methyl sites for hydroxylation is 1. The number of nitrogens with zero attached hydrogens (tertiary/aromatic N) is 2. The summed E-state index contributed by atoms with van der Waals surface area (Å²) in [6.45, 7) is 5.07. The first-order valence-electron chi connectivity index (χ1n) is 6.81. The van der Waals surface area contributed by atoms with Crippen LogP contribution in [0.5, 0.6) is 0 Å². The number of carbonyl (C=O) groups is 1. The van der Waals surface area contributed by atoms with Crippen molar-refractivity contribution in [1.82, 2.24) is 9.55 Å². The van der Waals surface area contributed by atoms with Crippen LogP contribution in [0.1, 0.15) is 53.5 Å². The molecule has 0 N–H and O–H groups in total. The third-order valence-corrected chi connectivity index (χ3v) is 3.71. The number of rotatable bonds is 3. The normalized spacial score (nSPS) is 14.2. The van der Waals surface area contributed by atoms with Gasteiger partial charge in [-0.1, -0.05) is 26.0 Å². The molecule has 1 aliphatic rings. The Bertz CT molecular complexity index is 625. The smallest absolute Gasteiger partial charge is 0.163 e. The summed E-state index contributed by atoms with van der Waals surface area (Å²) >= 11 is 0. The van der Waals surface area contributed by atoms with Gasteiger partial charge in [0.1, 0.15) is 5.82 Å². The number of Topliss-reactive ketones (excluding diaryl/α,β-unsaturated/α-hetero) is 1. The van der Waals surface area contributed by atoms with Crippen molar-refractivity contribution in [2.24, 2.45) is 0 Å². The van der Waals surface area contributed by atoms with Gasteiger partial charge in [-0.05, 0) is 23.6 Å². The second-order valence-electron chi connectivity index (χ2n) is 5.48. The summed E-state index contributed by atoms with van der Waals surface area (Å²) in [6.07, 6.45) is 5.41. The van der Waals surface area contributed by atoms with E-state index in [4.69, 9.17) is 0 Å².